The molecule has 1 aliphatic heterocycles. The molecule has 1 heterocycles. The van der Waals surface area contributed by atoms with Crippen LogP contribution >= 0.6 is 0 Å². The Morgan fingerprint density at radius 3 is 2.10 bits per heavy atom. The van der Waals surface area contributed by atoms with Crippen LogP contribution in [-0.4, -0.2) is 73.1 Å². The van der Waals surface area contributed by atoms with Gasteiger partial charge in [0.15, 0.2) is 11.5 Å². The lowest BCUT2D eigenvalue weighted by atomic mass is 9.99. The molecule has 0 bridgehead atoms. The Morgan fingerprint density at radius 1 is 0.828 bits per heavy atom. The molecule has 29 heavy (non-hydrogen) atoms. The number of phenolic OH excluding ortho intramolecular Hbond substituents is 3. The third kappa shape index (κ3) is 4.78. The van der Waals surface area contributed by atoms with Gasteiger partial charge in [0.25, 0.3) is 0 Å². The largest absolute Gasteiger partial charge is 0.508 e. The van der Waals surface area contributed by atoms with Crippen LogP contribution < -0.4 is 4.74 Å². The molecule has 9 heteroatoms. The molecule has 9 nitrogen and oxygen atoms in total. The predicted octanol–water partition coefficient (Wildman–Crippen LogP) is 0.152. The van der Waals surface area contributed by atoms with Crippen molar-refractivity contribution in [2.45, 2.75) is 30.7 Å². The smallest absolute Gasteiger partial charge is 0.229 e. The van der Waals surface area contributed by atoms with E-state index < -0.39 is 37.3 Å². The molecule has 1 saturated heterocycles. The third-order valence-electron chi connectivity index (χ3n) is 4.47. The van der Waals surface area contributed by atoms with Gasteiger partial charge in [0.05, 0.1) is 6.61 Å². The number of ether oxygens (including phenoxy) is 2. The zero-order valence-corrected chi connectivity index (χ0v) is 15.2. The summed E-state index contributed by atoms with van der Waals surface area (Å²) in [5, 5.41) is 68.0. The molecule has 5 atom stereocenters. The van der Waals surface area contributed by atoms with E-state index in [1.165, 1.54) is 30.3 Å². The first-order chi connectivity index (χ1) is 13.8. The molecule has 2 aromatic carbocycles. The predicted molar refractivity (Wildman–Crippen MR) is 101 cm³/mol. The summed E-state index contributed by atoms with van der Waals surface area (Å²) in [6.45, 7) is -0.592. The molecule has 0 radical (unpaired) electrons. The number of aromatic hydroxyl groups is 3. The average Bonchev–Trinajstić information content (AvgIpc) is 2.67. The normalized spacial score (nSPS) is 27.2. The SMILES string of the molecule is OC[C@H]1O[C@@H](Oc2ccc(C=Cc3cc(O)cc(O)c3)cc2O)[C@H](O)[C@@H](O)[C@@H]1O. The molecular formula is C20H22O9. The van der Waals surface area contributed by atoms with Crippen LogP contribution in [0.1, 0.15) is 11.1 Å². The summed E-state index contributed by atoms with van der Waals surface area (Å²) < 4.78 is 10.6. The van der Waals surface area contributed by atoms with Gasteiger partial charge in [-0.3, -0.25) is 0 Å². The lowest BCUT2D eigenvalue weighted by molar-refractivity contribution is -0.277. The van der Waals surface area contributed by atoms with Crippen molar-refractivity contribution in [2.24, 2.45) is 0 Å². The van der Waals surface area contributed by atoms with Gasteiger partial charge in [-0.2, -0.15) is 0 Å². The van der Waals surface area contributed by atoms with E-state index in [0.717, 1.165) is 0 Å². The average molecular weight is 406 g/mol. The van der Waals surface area contributed by atoms with E-state index in [4.69, 9.17) is 9.47 Å². The van der Waals surface area contributed by atoms with Gasteiger partial charge in [-0.15, -0.1) is 0 Å². The maximum atomic E-state index is 10.2. The van der Waals surface area contributed by atoms with Crippen LogP contribution in [0.4, 0.5) is 0 Å². The highest BCUT2D eigenvalue weighted by Gasteiger charge is 2.44. The van der Waals surface area contributed by atoms with Crippen LogP contribution in [0, 0.1) is 0 Å². The van der Waals surface area contributed by atoms with Gasteiger partial charge < -0.3 is 45.2 Å². The number of benzene rings is 2. The van der Waals surface area contributed by atoms with Gasteiger partial charge in [0.2, 0.25) is 6.29 Å². The van der Waals surface area contributed by atoms with Gasteiger partial charge >= 0.3 is 0 Å². The van der Waals surface area contributed by atoms with E-state index in [9.17, 15) is 35.7 Å². The summed E-state index contributed by atoms with van der Waals surface area (Å²) in [7, 11) is 0. The van der Waals surface area contributed by atoms with Crippen molar-refractivity contribution in [2.75, 3.05) is 6.61 Å². The first-order valence-electron chi connectivity index (χ1n) is 8.80. The molecule has 1 fully saturated rings. The molecule has 0 amide bonds. The zero-order valence-electron chi connectivity index (χ0n) is 15.2. The highest BCUT2D eigenvalue weighted by Crippen LogP contribution is 2.32. The zero-order chi connectivity index (χ0) is 21.1. The topological polar surface area (TPSA) is 160 Å². The number of aliphatic hydroxyl groups is 4. The summed E-state index contributed by atoms with van der Waals surface area (Å²) >= 11 is 0. The standard InChI is InChI=1S/C20H22O9/c21-9-16-17(25)18(26)19(27)20(29-16)28-15-4-3-10(7-14(15)24)1-2-11-5-12(22)8-13(23)6-11/h1-8,16-27H,9H2/t16-,17-,18+,19-,20-/m1/s1. The molecule has 0 aliphatic carbocycles. The van der Waals surface area contributed by atoms with Crippen LogP contribution in [-0.2, 0) is 4.74 Å². The Labute approximate surface area is 165 Å². The second-order valence-electron chi connectivity index (χ2n) is 6.66. The van der Waals surface area contributed by atoms with E-state index in [0.29, 0.717) is 11.1 Å². The number of hydrogen-bond donors (Lipinski definition) is 7. The van der Waals surface area contributed by atoms with Crippen LogP contribution in [0.3, 0.4) is 0 Å². The number of aliphatic hydroxyl groups excluding tert-OH is 4. The van der Waals surface area contributed by atoms with E-state index in [1.54, 1.807) is 18.2 Å². The van der Waals surface area contributed by atoms with Gasteiger partial charge in [0.1, 0.15) is 35.9 Å². The molecule has 0 saturated carbocycles. The van der Waals surface area contributed by atoms with E-state index in [2.05, 4.69) is 0 Å². The minimum atomic E-state index is -1.59. The van der Waals surface area contributed by atoms with Gasteiger partial charge in [-0.1, -0.05) is 18.2 Å². The van der Waals surface area contributed by atoms with Crippen molar-refractivity contribution in [3.05, 3.63) is 47.5 Å². The van der Waals surface area contributed by atoms with Crippen molar-refractivity contribution in [1.82, 2.24) is 0 Å². The highest BCUT2D eigenvalue weighted by atomic mass is 16.7. The van der Waals surface area contributed by atoms with Crippen LogP contribution in [0.25, 0.3) is 12.2 Å². The van der Waals surface area contributed by atoms with Crippen molar-refractivity contribution in [3.63, 3.8) is 0 Å². The molecule has 3 rings (SSSR count). The molecule has 0 aromatic heterocycles. The lowest BCUT2D eigenvalue weighted by Crippen LogP contribution is -2.60. The van der Waals surface area contributed by atoms with Gasteiger partial charge in [-0.05, 0) is 35.4 Å². The Bertz CT molecular complexity index is 860. The maximum absolute atomic E-state index is 10.2. The van der Waals surface area contributed by atoms with Gasteiger partial charge in [0, 0.05) is 6.07 Å². The monoisotopic (exact) mass is 406 g/mol. The van der Waals surface area contributed by atoms with Crippen molar-refractivity contribution in [1.29, 1.82) is 0 Å². The first-order valence-corrected chi connectivity index (χ1v) is 8.80. The second-order valence-corrected chi connectivity index (χ2v) is 6.66. The highest BCUT2D eigenvalue weighted by molar-refractivity contribution is 5.72. The molecule has 0 unspecified atom stereocenters. The fourth-order valence-corrected chi connectivity index (χ4v) is 2.93. The summed E-state index contributed by atoms with van der Waals surface area (Å²) in [6, 6.07) is 8.49. The van der Waals surface area contributed by atoms with Crippen molar-refractivity contribution >= 4 is 12.2 Å². The molecular weight excluding hydrogens is 384 g/mol. The van der Waals surface area contributed by atoms with Crippen molar-refractivity contribution < 1.29 is 45.2 Å². The molecule has 1 aliphatic rings. The number of rotatable bonds is 5. The maximum Gasteiger partial charge on any atom is 0.229 e. The van der Waals surface area contributed by atoms with E-state index >= 15 is 0 Å². The van der Waals surface area contributed by atoms with Crippen LogP contribution in [0.15, 0.2) is 36.4 Å². The van der Waals surface area contributed by atoms with Crippen molar-refractivity contribution in [3.8, 4) is 23.0 Å². The third-order valence-corrected chi connectivity index (χ3v) is 4.47. The molecule has 2 aromatic rings. The number of hydrogen-bond acceptors (Lipinski definition) is 9. The van der Waals surface area contributed by atoms with Crippen LogP contribution in [0.5, 0.6) is 23.0 Å². The fourth-order valence-electron chi connectivity index (χ4n) is 2.93. The molecule has 156 valence electrons. The number of phenols is 3. The fraction of sp³-hybridized carbons (Fsp3) is 0.300. The van der Waals surface area contributed by atoms with Crippen LogP contribution in [0.2, 0.25) is 0 Å². The van der Waals surface area contributed by atoms with E-state index in [1.807, 2.05) is 0 Å². The van der Waals surface area contributed by atoms with Gasteiger partial charge in [-0.25, -0.2) is 0 Å². The second kappa shape index (κ2) is 8.68. The molecule has 0 spiro atoms. The summed E-state index contributed by atoms with van der Waals surface area (Å²) in [5.41, 5.74) is 1.12. The Kier molecular flexibility index (Phi) is 6.26. The summed E-state index contributed by atoms with van der Waals surface area (Å²) in [5.74, 6) is -0.490. The van der Waals surface area contributed by atoms with E-state index in [-0.39, 0.29) is 23.0 Å². The Hall–Kier alpha value is -2.82. The summed E-state index contributed by atoms with van der Waals surface area (Å²) in [6.07, 6.45) is -3.97. The lowest BCUT2D eigenvalue weighted by Gasteiger charge is -2.39. The minimum absolute atomic E-state index is 0.0403. The molecule has 7 N–H and O–H groups in total. The Morgan fingerprint density at radius 2 is 1.48 bits per heavy atom. The Balaban J connectivity index is 1.73. The first kappa shape index (κ1) is 20.9. The quantitative estimate of drug-likeness (QED) is 0.343. The minimum Gasteiger partial charge on any atom is -0.508 e. The summed E-state index contributed by atoms with van der Waals surface area (Å²) in [4.78, 5) is 0.